The molecule has 1 heterocycles. The molecule has 0 aromatic carbocycles. The Hall–Kier alpha value is -0.810. The van der Waals surface area contributed by atoms with Crippen molar-refractivity contribution in [1.29, 1.82) is 5.26 Å². The van der Waals surface area contributed by atoms with Gasteiger partial charge in [-0.3, -0.25) is 4.90 Å². The van der Waals surface area contributed by atoms with Gasteiger partial charge in [-0.2, -0.15) is 5.26 Å². The van der Waals surface area contributed by atoms with Crippen molar-refractivity contribution in [3.63, 3.8) is 0 Å². The highest BCUT2D eigenvalue weighted by Gasteiger charge is 2.31. The summed E-state index contributed by atoms with van der Waals surface area (Å²) in [5.74, 6) is 0. The van der Waals surface area contributed by atoms with Crippen LogP contribution in [0, 0.1) is 11.3 Å². The Bertz CT molecular complexity index is 155. The molecule has 2 heteroatoms. The summed E-state index contributed by atoms with van der Waals surface area (Å²) in [5, 5.41) is 8.36. The lowest BCUT2D eigenvalue weighted by Crippen LogP contribution is -1.98. The van der Waals surface area contributed by atoms with Crippen LogP contribution in [0.5, 0.6) is 0 Å². The number of rotatable bonds is 2. The van der Waals surface area contributed by atoms with Gasteiger partial charge >= 0.3 is 0 Å². The first-order valence-electron chi connectivity index (χ1n) is 3.13. The minimum Gasteiger partial charge on any atom is -0.281 e. The molecule has 0 aromatic rings. The van der Waals surface area contributed by atoms with Gasteiger partial charge in [0.15, 0.2) is 0 Å². The van der Waals surface area contributed by atoms with Crippen LogP contribution in [-0.4, -0.2) is 24.0 Å². The fraction of sp³-hybridized carbons (Fsp3) is 0.571. The van der Waals surface area contributed by atoms with Gasteiger partial charge in [-0.05, 0) is 6.92 Å². The maximum Gasteiger partial charge on any atom is 0.111 e. The summed E-state index contributed by atoms with van der Waals surface area (Å²) >= 11 is 0. The fourth-order valence-corrected chi connectivity index (χ4v) is 0.740. The van der Waals surface area contributed by atoms with Crippen LogP contribution in [0.25, 0.3) is 0 Å². The fourth-order valence-electron chi connectivity index (χ4n) is 0.740. The highest BCUT2D eigenvalue weighted by molar-refractivity contribution is 5.07. The molecule has 48 valence electrons. The third kappa shape index (κ3) is 1.55. The lowest BCUT2D eigenvalue weighted by atomic mass is 10.5. The van der Waals surface area contributed by atoms with Crippen LogP contribution in [0.1, 0.15) is 6.92 Å². The van der Waals surface area contributed by atoms with E-state index in [0.717, 1.165) is 13.1 Å². The highest BCUT2D eigenvalue weighted by Crippen LogP contribution is 2.14. The van der Waals surface area contributed by atoms with Gasteiger partial charge in [-0.1, -0.05) is 12.2 Å². The van der Waals surface area contributed by atoms with Crippen LogP contribution >= 0.6 is 0 Å². The Kier molecular flexibility index (Phi) is 1.86. The monoisotopic (exact) mass is 122 g/mol. The van der Waals surface area contributed by atoms with Crippen molar-refractivity contribution in [2.45, 2.75) is 13.0 Å². The molecule has 1 aliphatic heterocycles. The predicted octanol–water partition coefficient (Wildman–Crippen LogP) is 0.770. The van der Waals surface area contributed by atoms with Gasteiger partial charge in [-0.25, -0.2) is 0 Å². The highest BCUT2D eigenvalue weighted by atomic mass is 15.3. The second-order valence-corrected chi connectivity index (χ2v) is 2.17. The molecular formula is C7H10N2. The molecule has 0 spiro atoms. The maximum atomic E-state index is 8.36. The van der Waals surface area contributed by atoms with E-state index in [0.29, 0.717) is 0 Å². The van der Waals surface area contributed by atoms with Crippen LogP contribution in [0.3, 0.4) is 0 Å². The van der Waals surface area contributed by atoms with Crippen LogP contribution < -0.4 is 0 Å². The van der Waals surface area contributed by atoms with Crippen LogP contribution in [0.4, 0.5) is 0 Å². The van der Waals surface area contributed by atoms with Crippen molar-refractivity contribution in [3.05, 3.63) is 12.2 Å². The SMILES string of the molecule is C/C=C/CN1CC1C#N. The summed E-state index contributed by atoms with van der Waals surface area (Å²) in [7, 11) is 0. The first-order chi connectivity index (χ1) is 4.38. The number of nitriles is 1. The lowest BCUT2D eigenvalue weighted by Gasteiger charge is -1.89. The summed E-state index contributed by atoms with van der Waals surface area (Å²) in [6, 6.07) is 2.40. The molecule has 0 amide bonds. The zero-order chi connectivity index (χ0) is 6.69. The lowest BCUT2D eigenvalue weighted by molar-refractivity contribution is 0.600. The van der Waals surface area contributed by atoms with E-state index in [4.69, 9.17) is 5.26 Å². The van der Waals surface area contributed by atoms with Crippen LogP contribution in [-0.2, 0) is 0 Å². The van der Waals surface area contributed by atoms with Gasteiger partial charge in [0.2, 0.25) is 0 Å². The van der Waals surface area contributed by atoms with E-state index in [2.05, 4.69) is 17.0 Å². The predicted molar refractivity (Wildman–Crippen MR) is 35.8 cm³/mol. The largest absolute Gasteiger partial charge is 0.281 e. The number of hydrogen-bond acceptors (Lipinski definition) is 2. The molecule has 0 N–H and O–H groups in total. The maximum absolute atomic E-state index is 8.36. The van der Waals surface area contributed by atoms with E-state index < -0.39 is 0 Å². The third-order valence-electron chi connectivity index (χ3n) is 1.44. The zero-order valence-electron chi connectivity index (χ0n) is 5.54. The van der Waals surface area contributed by atoms with E-state index in [9.17, 15) is 0 Å². The Morgan fingerprint density at radius 2 is 2.67 bits per heavy atom. The molecular weight excluding hydrogens is 112 g/mol. The molecule has 0 radical (unpaired) electrons. The average Bonchev–Trinajstić information content (AvgIpc) is 2.62. The summed E-state index contributed by atoms with van der Waals surface area (Å²) in [4.78, 5) is 2.11. The van der Waals surface area contributed by atoms with Gasteiger partial charge in [0, 0.05) is 13.1 Å². The minimum atomic E-state index is 0.209. The molecule has 0 bridgehead atoms. The standard InChI is InChI=1S/C7H10N2/c1-2-3-4-9-6-7(9)5-8/h2-3,7H,4,6H2,1H3/b3-2+. The Labute approximate surface area is 55.4 Å². The molecule has 9 heavy (non-hydrogen) atoms. The minimum absolute atomic E-state index is 0.209. The average molecular weight is 122 g/mol. The summed E-state index contributed by atoms with van der Waals surface area (Å²) in [5.41, 5.74) is 0. The Morgan fingerprint density at radius 3 is 3.11 bits per heavy atom. The molecule has 2 unspecified atom stereocenters. The van der Waals surface area contributed by atoms with Crippen molar-refractivity contribution in [2.75, 3.05) is 13.1 Å². The van der Waals surface area contributed by atoms with Crippen molar-refractivity contribution < 1.29 is 0 Å². The number of nitrogens with zero attached hydrogens (tertiary/aromatic N) is 2. The molecule has 1 rings (SSSR count). The van der Waals surface area contributed by atoms with Crippen LogP contribution in [0.15, 0.2) is 12.2 Å². The smallest absolute Gasteiger partial charge is 0.111 e. The van der Waals surface area contributed by atoms with E-state index in [1.54, 1.807) is 0 Å². The van der Waals surface area contributed by atoms with E-state index in [-0.39, 0.29) is 6.04 Å². The topological polar surface area (TPSA) is 26.8 Å². The molecule has 2 nitrogen and oxygen atoms in total. The van der Waals surface area contributed by atoms with Gasteiger partial charge in [-0.15, -0.1) is 0 Å². The Balaban J connectivity index is 2.14. The first-order valence-corrected chi connectivity index (χ1v) is 3.13. The van der Waals surface area contributed by atoms with Gasteiger partial charge in [0.25, 0.3) is 0 Å². The van der Waals surface area contributed by atoms with Gasteiger partial charge < -0.3 is 0 Å². The third-order valence-corrected chi connectivity index (χ3v) is 1.44. The molecule has 0 aromatic heterocycles. The molecule has 1 fully saturated rings. The Morgan fingerprint density at radius 1 is 1.89 bits per heavy atom. The van der Waals surface area contributed by atoms with Gasteiger partial charge in [0.1, 0.15) is 6.04 Å². The summed E-state index contributed by atoms with van der Waals surface area (Å²) in [6.07, 6.45) is 4.07. The quantitative estimate of drug-likeness (QED) is 0.399. The van der Waals surface area contributed by atoms with E-state index >= 15 is 0 Å². The van der Waals surface area contributed by atoms with Gasteiger partial charge in [0.05, 0.1) is 6.07 Å². The number of hydrogen-bond donors (Lipinski definition) is 0. The summed E-state index contributed by atoms with van der Waals surface area (Å²) < 4.78 is 0. The van der Waals surface area contributed by atoms with Crippen molar-refractivity contribution in [1.82, 2.24) is 4.90 Å². The zero-order valence-corrected chi connectivity index (χ0v) is 5.54. The molecule has 0 saturated carbocycles. The van der Waals surface area contributed by atoms with E-state index in [1.807, 2.05) is 13.0 Å². The summed E-state index contributed by atoms with van der Waals surface area (Å²) in [6.45, 7) is 3.89. The number of allylic oxidation sites excluding steroid dienone is 1. The molecule has 0 aliphatic carbocycles. The van der Waals surface area contributed by atoms with E-state index in [1.165, 1.54) is 0 Å². The normalized spacial score (nSPS) is 32.4. The second-order valence-electron chi connectivity index (χ2n) is 2.17. The second kappa shape index (κ2) is 2.65. The van der Waals surface area contributed by atoms with Crippen molar-refractivity contribution in [2.24, 2.45) is 0 Å². The molecule has 1 saturated heterocycles. The van der Waals surface area contributed by atoms with Crippen molar-refractivity contribution in [3.8, 4) is 6.07 Å². The van der Waals surface area contributed by atoms with Crippen molar-refractivity contribution >= 4 is 0 Å². The van der Waals surface area contributed by atoms with Crippen LogP contribution in [0.2, 0.25) is 0 Å². The molecule has 2 atom stereocenters. The molecule has 1 aliphatic rings. The first kappa shape index (κ1) is 6.31.